The topological polar surface area (TPSA) is 90.5 Å². The lowest BCUT2D eigenvalue weighted by Crippen LogP contribution is -2.47. The summed E-state index contributed by atoms with van der Waals surface area (Å²) >= 11 is 1.77. The summed E-state index contributed by atoms with van der Waals surface area (Å²) in [5, 5.41) is 2.78. The van der Waals surface area contributed by atoms with Gasteiger partial charge in [0.05, 0.1) is 0 Å². The predicted molar refractivity (Wildman–Crippen MR) is 132 cm³/mol. The Kier molecular flexibility index (Phi) is 8.72. The molecule has 4 amide bonds. The monoisotopic (exact) mass is 540 g/mol. The lowest BCUT2D eigenvalue weighted by Gasteiger charge is -2.33. The summed E-state index contributed by atoms with van der Waals surface area (Å²) in [6.07, 6.45) is -5.18. The van der Waals surface area contributed by atoms with E-state index in [9.17, 15) is 31.9 Å². The molecule has 12 heteroatoms. The molecular formula is C25H28F4N4O3S. The first-order chi connectivity index (χ1) is 17.3. The standard InChI is InChI=1S/C25H28F4N4O3S/c1-24(2,3)18-8-6-15(7-9-18)20-14-33(10-11-37-20)23(36)30-13-17-5-4-16(12-19(17)26)21(34)31-32-22(35)25(27,28)29/h4-9,12,20H,10-11,13-14H2,1-3H3,(H,30,36)(H,31,34)(H,32,35). The van der Waals surface area contributed by atoms with Crippen molar-refractivity contribution in [1.82, 2.24) is 21.1 Å². The van der Waals surface area contributed by atoms with Crippen LogP contribution < -0.4 is 16.2 Å². The van der Waals surface area contributed by atoms with E-state index in [-0.39, 0.29) is 34.4 Å². The second-order valence-electron chi connectivity index (χ2n) is 9.55. The third-order valence-corrected chi connectivity index (χ3v) is 7.04. The molecule has 1 fully saturated rings. The highest BCUT2D eigenvalue weighted by Crippen LogP contribution is 2.34. The SMILES string of the molecule is CC(C)(C)c1ccc(C2CN(C(=O)NCc3ccc(C(=O)NNC(=O)C(F)(F)F)cc3F)CCS2)cc1. The Morgan fingerprint density at radius 1 is 1.03 bits per heavy atom. The average Bonchev–Trinajstić information content (AvgIpc) is 2.85. The van der Waals surface area contributed by atoms with Crippen molar-refractivity contribution >= 4 is 29.6 Å². The highest BCUT2D eigenvalue weighted by atomic mass is 32.2. The van der Waals surface area contributed by atoms with E-state index in [2.05, 4.69) is 50.4 Å². The molecule has 2 aromatic carbocycles. The van der Waals surface area contributed by atoms with Crippen molar-refractivity contribution in [3.05, 3.63) is 70.5 Å². The number of carbonyl (C=O) groups is 3. The van der Waals surface area contributed by atoms with Gasteiger partial charge in [0.1, 0.15) is 5.82 Å². The number of halogens is 4. The highest BCUT2D eigenvalue weighted by molar-refractivity contribution is 7.99. The Balaban J connectivity index is 1.54. The van der Waals surface area contributed by atoms with Gasteiger partial charge in [0.15, 0.2) is 0 Å². The minimum Gasteiger partial charge on any atom is -0.334 e. The summed E-state index contributed by atoms with van der Waals surface area (Å²) in [7, 11) is 0. The van der Waals surface area contributed by atoms with Gasteiger partial charge < -0.3 is 10.2 Å². The molecule has 1 heterocycles. The minimum atomic E-state index is -5.18. The number of nitrogens with one attached hydrogen (secondary N) is 3. The third-order valence-electron chi connectivity index (χ3n) is 5.79. The van der Waals surface area contributed by atoms with Crippen molar-refractivity contribution in [3.63, 3.8) is 0 Å². The van der Waals surface area contributed by atoms with E-state index in [1.54, 1.807) is 22.1 Å². The number of benzene rings is 2. The summed E-state index contributed by atoms with van der Waals surface area (Å²) in [5.41, 5.74) is 4.96. The molecular weight excluding hydrogens is 512 g/mol. The van der Waals surface area contributed by atoms with Gasteiger partial charge in [-0.1, -0.05) is 51.1 Å². The van der Waals surface area contributed by atoms with Crippen LogP contribution in [0.25, 0.3) is 0 Å². The molecule has 0 bridgehead atoms. The van der Waals surface area contributed by atoms with Gasteiger partial charge in [-0.3, -0.25) is 20.4 Å². The number of nitrogens with zero attached hydrogens (tertiary/aromatic N) is 1. The number of hydrogen-bond donors (Lipinski definition) is 3. The number of amides is 4. The molecule has 2 aromatic rings. The summed E-state index contributed by atoms with van der Waals surface area (Å²) in [6.45, 7) is 7.33. The van der Waals surface area contributed by atoms with Gasteiger partial charge in [0, 0.05) is 41.8 Å². The fourth-order valence-corrected chi connectivity index (χ4v) is 4.85. The third kappa shape index (κ3) is 7.61. The molecule has 1 aliphatic rings. The van der Waals surface area contributed by atoms with E-state index < -0.39 is 23.8 Å². The van der Waals surface area contributed by atoms with E-state index in [1.807, 2.05) is 0 Å². The Bertz CT molecular complexity index is 1150. The lowest BCUT2D eigenvalue weighted by atomic mass is 9.86. The summed E-state index contributed by atoms with van der Waals surface area (Å²) in [6, 6.07) is 11.2. The largest absolute Gasteiger partial charge is 0.472 e. The van der Waals surface area contributed by atoms with E-state index in [0.29, 0.717) is 13.1 Å². The van der Waals surface area contributed by atoms with Crippen LogP contribution in [-0.4, -0.2) is 47.8 Å². The van der Waals surface area contributed by atoms with E-state index >= 15 is 0 Å². The molecule has 3 N–H and O–H groups in total. The normalized spacial score (nSPS) is 16.2. The fraction of sp³-hybridized carbons (Fsp3) is 0.400. The maximum absolute atomic E-state index is 14.5. The minimum absolute atomic E-state index is 0.0461. The molecule has 0 aromatic heterocycles. The van der Waals surface area contributed by atoms with Crippen LogP contribution in [0.4, 0.5) is 22.4 Å². The number of hydrazine groups is 1. The Hall–Kier alpha value is -3.28. The average molecular weight is 541 g/mol. The molecule has 0 radical (unpaired) electrons. The van der Waals surface area contributed by atoms with Gasteiger partial charge in [-0.15, -0.1) is 0 Å². The second-order valence-corrected chi connectivity index (χ2v) is 10.9. The van der Waals surface area contributed by atoms with Crippen LogP contribution in [0.1, 0.15) is 53.1 Å². The Labute approximate surface area is 216 Å². The zero-order chi connectivity index (χ0) is 27.4. The number of rotatable bonds is 4. The molecule has 3 rings (SSSR count). The first-order valence-corrected chi connectivity index (χ1v) is 12.5. The lowest BCUT2D eigenvalue weighted by molar-refractivity contribution is -0.174. The van der Waals surface area contributed by atoms with Crippen LogP contribution in [0.2, 0.25) is 0 Å². The van der Waals surface area contributed by atoms with E-state index in [1.165, 1.54) is 23.1 Å². The predicted octanol–water partition coefficient (Wildman–Crippen LogP) is 4.45. The summed E-state index contributed by atoms with van der Waals surface area (Å²) in [5.74, 6) is -3.57. The fourth-order valence-electron chi connectivity index (χ4n) is 3.60. The molecule has 0 saturated carbocycles. The van der Waals surface area contributed by atoms with Crippen LogP contribution in [0, 0.1) is 5.82 Å². The van der Waals surface area contributed by atoms with Crippen LogP contribution in [0.15, 0.2) is 42.5 Å². The molecule has 0 aliphatic carbocycles. The molecule has 200 valence electrons. The zero-order valence-corrected chi connectivity index (χ0v) is 21.4. The molecule has 1 atom stereocenters. The van der Waals surface area contributed by atoms with Crippen molar-refractivity contribution in [1.29, 1.82) is 0 Å². The number of hydrogen-bond acceptors (Lipinski definition) is 4. The molecule has 1 unspecified atom stereocenters. The number of carbonyl (C=O) groups excluding carboxylic acids is 3. The summed E-state index contributed by atoms with van der Waals surface area (Å²) < 4.78 is 51.1. The Morgan fingerprint density at radius 3 is 2.30 bits per heavy atom. The maximum Gasteiger partial charge on any atom is 0.472 e. The number of thioether (sulfide) groups is 1. The first-order valence-electron chi connectivity index (χ1n) is 11.5. The van der Waals surface area contributed by atoms with Gasteiger partial charge in [0.2, 0.25) is 0 Å². The molecule has 7 nitrogen and oxygen atoms in total. The zero-order valence-electron chi connectivity index (χ0n) is 20.5. The van der Waals surface area contributed by atoms with Gasteiger partial charge in [-0.2, -0.15) is 24.9 Å². The second kappa shape index (κ2) is 11.4. The van der Waals surface area contributed by atoms with Crippen molar-refractivity contribution in [2.75, 3.05) is 18.8 Å². The van der Waals surface area contributed by atoms with E-state index in [4.69, 9.17) is 0 Å². The van der Waals surface area contributed by atoms with E-state index in [0.717, 1.165) is 17.4 Å². The first kappa shape index (κ1) is 28.3. The van der Waals surface area contributed by atoms with Crippen molar-refractivity contribution in [2.45, 2.75) is 44.2 Å². The molecule has 0 spiro atoms. The van der Waals surface area contributed by atoms with Crippen LogP contribution in [0.5, 0.6) is 0 Å². The smallest absolute Gasteiger partial charge is 0.334 e. The number of alkyl halides is 3. The van der Waals surface area contributed by atoms with Gasteiger partial charge in [-0.05, 0) is 28.7 Å². The van der Waals surface area contributed by atoms with Crippen LogP contribution in [-0.2, 0) is 16.8 Å². The van der Waals surface area contributed by atoms with Gasteiger partial charge >= 0.3 is 18.1 Å². The highest BCUT2D eigenvalue weighted by Gasteiger charge is 2.39. The molecule has 37 heavy (non-hydrogen) atoms. The van der Waals surface area contributed by atoms with Gasteiger partial charge in [-0.25, -0.2) is 9.18 Å². The van der Waals surface area contributed by atoms with Crippen LogP contribution >= 0.6 is 11.8 Å². The van der Waals surface area contributed by atoms with Crippen LogP contribution in [0.3, 0.4) is 0 Å². The van der Waals surface area contributed by atoms with Crippen molar-refractivity contribution in [3.8, 4) is 0 Å². The van der Waals surface area contributed by atoms with Gasteiger partial charge in [0.25, 0.3) is 5.91 Å². The molecule has 1 aliphatic heterocycles. The molecule has 1 saturated heterocycles. The Morgan fingerprint density at radius 2 is 1.70 bits per heavy atom. The quantitative estimate of drug-likeness (QED) is 0.395. The number of urea groups is 1. The van der Waals surface area contributed by atoms with Crippen molar-refractivity contribution in [2.24, 2.45) is 0 Å². The maximum atomic E-state index is 14.5. The summed E-state index contributed by atoms with van der Waals surface area (Å²) in [4.78, 5) is 37.1. The van der Waals surface area contributed by atoms with Crippen molar-refractivity contribution < 1.29 is 31.9 Å².